The lowest BCUT2D eigenvalue weighted by Crippen LogP contribution is -2.44. The number of benzene rings is 3. The van der Waals surface area contributed by atoms with E-state index in [0.29, 0.717) is 33.9 Å². The van der Waals surface area contributed by atoms with E-state index >= 15 is 0 Å². The Balaban J connectivity index is 1.27. The molecule has 2 aliphatic heterocycles. The van der Waals surface area contributed by atoms with Crippen molar-refractivity contribution in [3.05, 3.63) is 95.0 Å². The maximum Gasteiger partial charge on any atom is 0.270 e. The topological polar surface area (TPSA) is 103 Å². The highest BCUT2D eigenvalue weighted by atomic mass is 35.5. The molecule has 1 atom stereocenters. The summed E-state index contributed by atoms with van der Waals surface area (Å²) in [6.07, 6.45) is 0.417. The summed E-state index contributed by atoms with van der Waals surface area (Å²) >= 11 is 7.23. The molecule has 38 heavy (non-hydrogen) atoms. The third kappa shape index (κ3) is 5.95. The third-order valence-electron chi connectivity index (χ3n) is 6.03. The number of nitrogens with one attached hydrogen (secondary N) is 2. The second kappa shape index (κ2) is 11.6. The minimum Gasteiger partial charge on any atom is -0.352 e. The summed E-state index contributed by atoms with van der Waals surface area (Å²) in [7, 11) is 0. The first-order chi connectivity index (χ1) is 18.5. The van der Waals surface area contributed by atoms with Crippen LogP contribution < -0.4 is 10.6 Å². The molecule has 0 fully saturated rings. The van der Waals surface area contributed by atoms with Crippen LogP contribution in [0.3, 0.4) is 0 Å². The van der Waals surface area contributed by atoms with E-state index in [0.717, 1.165) is 11.1 Å². The number of carbonyl (C=O) groups excluding carboxylic acids is 3. The fraction of sp³-hybridized carbons (Fsp3) is 0.179. The molecule has 0 spiro atoms. The van der Waals surface area contributed by atoms with Crippen molar-refractivity contribution in [3.8, 4) is 0 Å². The second-order valence-corrected chi connectivity index (χ2v) is 10.1. The van der Waals surface area contributed by atoms with Crippen molar-refractivity contribution in [1.29, 1.82) is 0 Å². The molecule has 2 N–H and O–H groups in total. The van der Waals surface area contributed by atoms with Crippen LogP contribution in [-0.2, 0) is 20.9 Å². The summed E-state index contributed by atoms with van der Waals surface area (Å²) in [5.41, 5.74) is 3.01. The van der Waals surface area contributed by atoms with E-state index in [4.69, 9.17) is 16.6 Å². The van der Waals surface area contributed by atoms with Gasteiger partial charge in [-0.05, 0) is 42.3 Å². The molecule has 192 valence electrons. The maximum atomic E-state index is 13.0. The Bertz CT molecular complexity index is 1440. The van der Waals surface area contributed by atoms with Gasteiger partial charge in [-0.3, -0.25) is 19.3 Å². The molecule has 3 amide bonds. The highest BCUT2D eigenvalue weighted by Crippen LogP contribution is 2.35. The third-order valence-corrected chi connectivity index (χ3v) is 7.21. The molecule has 0 aromatic heterocycles. The van der Waals surface area contributed by atoms with Crippen LogP contribution in [0.5, 0.6) is 0 Å². The Morgan fingerprint density at radius 3 is 2.55 bits per heavy atom. The van der Waals surface area contributed by atoms with Crippen molar-refractivity contribution in [2.24, 2.45) is 9.98 Å². The van der Waals surface area contributed by atoms with Gasteiger partial charge in [0.05, 0.1) is 11.4 Å². The molecule has 0 bridgehead atoms. The number of anilines is 1. The van der Waals surface area contributed by atoms with Gasteiger partial charge in [0.1, 0.15) is 11.9 Å². The van der Waals surface area contributed by atoms with Crippen LogP contribution in [0.25, 0.3) is 0 Å². The first kappa shape index (κ1) is 25.7. The number of thioether (sulfide) groups is 1. The average Bonchev–Trinajstić information content (AvgIpc) is 3.26. The molecule has 2 heterocycles. The van der Waals surface area contributed by atoms with E-state index in [9.17, 15) is 14.4 Å². The van der Waals surface area contributed by atoms with Crippen LogP contribution >= 0.6 is 23.4 Å². The Morgan fingerprint density at radius 1 is 0.947 bits per heavy atom. The number of halogens is 1. The number of nitrogens with zero attached hydrogens (tertiary/aromatic N) is 3. The zero-order valence-electron chi connectivity index (χ0n) is 20.3. The number of fused-ring (bicyclic) bond motifs is 3. The lowest BCUT2D eigenvalue weighted by Gasteiger charge is -2.31. The first-order valence-electron chi connectivity index (χ1n) is 12.1. The van der Waals surface area contributed by atoms with Gasteiger partial charge in [0.15, 0.2) is 5.17 Å². The number of para-hydroxylation sites is 1. The summed E-state index contributed by atoms with van der Waals surface area (Å²) in [5, 5.41) is 6.73. The summed E-state index contributed by atoms with van der Waals surface area (Å²) in [5.74, 6) is -0.160. The van der Waals surface area contributed by atoms with Gasteiger partial charge in [-0.2, -0.15) is 4.99 Å². The summed E-state index contributed by atoms with van der Waals surface area (Å²) in [6.45, 7) is 0.418. The summed E-state index contributed by atoms with van der Waals surface area (Å²) < 4.78 is 0. The zero-order chi connectivity index (χ0) is 26.5. The van der Waals surface area contributed by atoms with Crippen LogP contribution in [0.4, 0.5) is 11.4 Å². The molecular formula is C28H24ClN5O3S. The Hall–Kier alpha value is -3.95. The number of aliphatic imine (C=N–C) groups is 2. The molecule has 5 rings (SSSR count). The number of amides is 3. The lowest BCUT2D eigenvalue weighted by molar-refractivity contribution is -0.122. The minimum absolute atomic E-state index is 0.0652. The van der Waals surface area contributed by atoms with Gasteiger partial charge in [-0.25, -0.2) is 4.99 Å². The smallest absolute Gasteiger partial charge is 0.270 e. The Morgan fingerprint density at radius 2 is 1.74 bits per heavy atom. The van der Waals surface area contributed by atoms with Gasteiger partial charge in [0.2, 0.25) is 11.8 Å². The number of carbonyl (C=O) groups is 3. The molecule has 3 aromatic carbocycles. The van der Waals surface area contributed by atoms with Crippen molar-refractivity contribution >= 4 is 63.5 Å². The zero-order valence-corrected chi connectivity index (χ0v) is 21.8. The molecule has 10 heteroatoms. The molecular weight excluding hydrogens is 522 g/mol. The van der Waals surface area contributed by atoms with E-state index in [1.807, 2.05) is 54.6 Å². The van der Waals surface area contributed by atoms with Crippen molar-refractivity contribution < 1.29 is 14.4 Å². The van der Waals surface area contributed by atoms with E-state index in [1.54, 1.807) is 29.2 Å². The predicted octanol–water partition coefficient (Wildman–Crippen LogP) is 4.77. The average molecular weight is 546 g/mol. The number of rotatable bonds is 8. The quantitative estimate of drug-likeness (QED) is 0.424. The minimum atomic E-state index is -0.678. The molecule has 0 saturated heterocycles. The fourth-order valence-corrected chi connectivity index (χ4v) is 5.26. The normalized spacial score (nSPS) is 15.8. The van der Waals surface area contributed by atoms with Crippen LogP contribution in [0.2, 0.25) is 5.02 Å². The Kier molecular flexibility index (Phi) is 7.86. The van der Waals surface area contributed by atoms with Crippen molar-refractivity contribution in [3.63, 3.8) is 0 Å². The molecule has 1 unspecified atom stereocenters. The fourth-order valence-electron chi connectivity index (χ4n) is 4.22. The van der Waals surface area contributed by atoms with Gasteiger partial charge in [-0.15, -0.1) is 0 Å². The van der Waals surface area contributed by atoms with Gasteiger partial charge < -0.3 is 10.6 Å². The standard InChI is InChI=1S/C28H24ClN5O3S/c29-19-9-6-10-20(15-19)31-25(36)17-38-28-32-22-12-5-4-11-21(22)26-33-27(37)23(34(26)28)13-14-24(35)30-16-18-7-2-1-3-8-18/h1-12,15,23H,13-14,16-17H2,(H,30,35)(H,31,36). The van der Waals surface area contributed by atoms with Gasteiger partial charge in [0.25, 0.3) is 5.91 Å². The SMILES string of the molecule is O=C(CCC1C(=O)N=C2c3ccccc3N=C(SCC(=O)Nc3cccc(Cl)c3)N21)NCc1ccccc1. The van der Waals surface area contributed by atoms with E-state index in [-0.39, 0.29) is 36.3 Å². The number of hydrogen-bond donors (Lipinski definition) is 2. The van der Waals surface area contributed by atoms with E-state index < -0.39 is 6.04 Å². The summed E-state index contributed by atoms with van der Waals surface area (Å²) in [4.78, 5) is 49.0. The second-order valence-electron chi connectivity index (χ2n) is 8.72. The monoisotopic (exact) mass is 545 g/mol. The lowest BCUT2D eigenvalue weighted by atomic mass is 10.1. The van der Waals surface area contributed by atoms with Crippen LogP contribution in [0.15, 0.2) is 88.8 Å². The van der Waals surface area contributed by atoms with Crippen molar-refractivity contribution in [1.82, 2.24) is 10.2 Å². The van der Waals surface area contributed by atoms with Crippen molar-refractivity contribution in [2.75, 3.05) is 11.1 Å². The molecule has 0 aliphatic carbocycles. The highest BCUT2D eigenvalue weighted by Gasteiger charge is 2.41. The van der Waals surface area contributed by atoms with Crippen LogP contribution in [0.1, 0.15) is 24.0 Å². The maximum absolute atomic E-state index is 13.0. The Labute approximate surface area is 229 Å². The molecule has 0 saturated carbocycles. The molecule has 3 aromatic rings. The number of hydrogen-bond acceptors (Lipinski definition) is 6. The summed E-state index contributed by atoms with van der Waals surface area (Å²) in [6, 6.07) is 23.3. The molecule has 0 radical (unpaired) electrons. The van der Waals surface area contributed by atoms with Gasteiger partial charge in [-0.1, -0.05) is 71.9 Å². The van der Waals surface area contributed by atoms with E-state index in [2.05, 4.69) is 15.6 Å². The highest BCUT2D eigenvalue weighted by molar-refractivity contribution is 8.14. The van der Waals surface area contributed by atoms with Crippen LogP contribution in [0, 0.1) is 0 Å². The van der Waals surface area contributed by atoms with Crippen molar-refractivity contribution in [2.45, 2.75) is 25.4 Å². The number of amidine groups is 2. The van der Waals surface area contributed by atoms with Crippen LogP contribution in [-0.4, -0.2) is 45.4 Å². The van der Waals surface area contributed by atoms with Gasteiger partial charge >= 0.3 is 0 Å². The molecule has 8 nitrogen and oxygen atoms in total. The largest absolute Gasteiger partial charge is 0.352 e. The van der Waals surface area contributed by atoms with E-state index in [1.165, 1.54) is 11.8 Å². The molecule has 2 aliphatic rings. The first-order valence-corrected chi connectivity index (χ1v) is 13.4. The van der Waals surface area contributed by atoms with Gasteiger partial charge in [0, 0.05) is 29.2 Å². The predicted molar refractivity (Wildman–Crippen MR) is 151 cm³/mol.